The van der Waals surface area contributed by atoms with E-state index in [2.05, 4.69) is 38.8 Å². The number of hydrogen-bond donors (Lipinski definition) is 1. The highest BCUT2D eigenvalue weighted by Gasteiger charge is 2.36. The summed E-state index contributed by atoms with van der Waals surface area (Å²) in [6.45, 7) is 12.7. The van der Waals surface area contributed by atoms with Gasteiger partial charge in [0.2, 0.25) is 0 Å². The van der Waals surface area contributed by atoms with E-state index >= 15 is 0 Å². The van der Waals surface area contributed by atoms with Gasteiger partial charge < -0.3 is 9.41 Å². The standard InChI is InChI=1S/C16H26N2O2S2Si/c1-16(2,3)23(4,5)20-10-7-6-9-18-14(19)13-12(8-11-22-13)17-15(18)21/h8,11H,6-7,9-10H2,1-5H3,(H,17,21). The number of nitrogens with zero attached hydrogens (tertiary/aromatic N) is 1. The number of aromatic nitrogens is 2. The quantitative estimate of drug-likeness (QED) is 0.446. The van der Waals surface area contributed by atoms with E-state index in [-0.39, 0.29) is 10.6 Å². The van der Waals surface area contributed by atoms with E-state index in [1.807, 2.05) is 11.4 Å². The van der Waals surface area contributed by atoms with Crippen LogP contribution in [0, 0.1) is 4.77 Å². The van der Waals surface area contributed by atoms with E-state index < -0.39 is 8.32 Å². The Balaban J connectivity index is 1.93. The molecule has 0 saturated heterocycles. The van der Waals surface area contributed by atoms with Crippen molar-refractivity contribution in [3.8, 4) is 0 Å². The molecule has 0 saturated carbocycles. The van der Waals surface area contributed by atoms with Crippen molar-refractivity contribution in [1.82, 2.24) is 9.55 Å². The van der Waals surface area contributed by atoms with E-state index in [0.29, 0.717) is 11.3 Å². The number of hydrogen-bond acceptors (Lipinski definition) is 4. The summed E-state index contributed by atoms with van der Waals surface area (Å²) in [5.41, 5.74) is 0.853. The minimum Gasteiger partial charge on any atom is -0.417 e. The lowest BCUT2D eigenvalue weighted by atomic mass is 10.2. The van der Waals surface area contributed by atoms with Crippen molar-refractivity contribution in [3.05, 3.63) is 26.6 Å². The van der Waals surface area contributed by atoms with E-state index in [1.165, 1.54) is 11.3 Å². The first-order valence-electron chi connectivity index (χ1n) is 7.98. The Morgan fingerprint density at radius 1 is 1.35 bits per heavy atom. The van der Waals surface area contributed by atoms with E-state index in [1.54, 1.807) is 4.57 Å². The maximum atomic E-state index is 12.4. The summed E-state index contributed by atoms with van der Waals surface area (Å²) < 4.78 is 9.09. The molecule has 2 aromatic rings. The van der Waals surface area contributed by atoms with E-state index in [4.69, 9.17) is 16.6 Å². The van der Waals surface area contributed by atoms with Crippen molar-refractivity contribution in [3.63, 3.8) is 0 Å². The second kappa shape index (κ2) is 7.00. The second-order valence-electron chi connectivity index (χ2n) is 7.37. The maximum Gasteiger partial charge on any atom is 0.272 e. The third-order valence-corrected chi connectivity index (χ3v) is 10.4. The lowest BCUT2D eigenvalue weighted by molar-refractivity contribution is 0.276. The van der Waals surface area contributed by atoms with Gasteiger partial charge in [0.05, 0.1) is 5.52 Å². The molecule has 0 amide bonds. The Kier molecular flexibility index (Phi) is 5.66. The van der Waals surface area contributed by atoms with Crippen LogP contribution in [0.15, 0.2) is 16.2 Å². The second-order valence-corrected chi connectivity index (χ2v) is 13.5. The molecule has 0 unspecified atom stereocenters. The van der Waals surface area contributed by atoms with Gasteiger partial charge in [0.15, 0.2) is 13.1 Å². The molecule has 2 heterocycles. The van der Waals surface area contributed by atoms with Crippen LogP contribution >= 0.6 is 23.6 Å². The summed E-state index contributed by atoms with van der Waals surface area (Å²) in [5, 5.41) is 2.14. The number of fused-ring (bicyclic) bond motifs is 1. The number of thiophene rings is 1. The molecule has 0 atom stereocenters. The number of rotatable bonds is 6. The lowest BCUT2D eigenvalue weighted by Crippen LogP contribution is -2.41. The Hall–Kier alpha value is -0.763. The van der Waals surface area contributed by atoms with Gasteiger partial charge in [-0.2, -0.15) is 0 Å². The van der Waals surface area contributed by atoms with Crippen LogP contribution in [0.1, 0.15) is 33.6 Å². The van der Waals surface area contributed by atoms with Gasteiger partial charge in [0, 0.05) is 13.2 Å². The summed E-state index contributed by atoms with van der Waals surface area (Å²) in [5.74, 6) is 0. The van der Waals surface area contributed by atoms with Gasteiger partial charge in [0.25, 0.3) is 5.56 Å². The van der Waals surface area contributed by atoms with Crippen LogP contribution in [0.4, 0.5) is 0 Å². The van der Waals surface area contributed by atoms with Crippen molar-refractivity contribution >= 4 is 42.1 Å². The molecule has 1 N–H and O–H groups in total. The molecule has 2 aromatic heterocycles. The van der Waals surface area contributed by atoms with E-state index in [0.717, 1.165) is 29.7 Å². The van der Waals surface area contributed by atoms with Crippen molar-refractivity contribution in [1.29, 1.82) is 0 Å². The molecule has 4 nitrogen and oxygen atoms in total. The van der Waals surface area contributed by atoms with Gasteiger partial charge >= 0.3 is 0 Å². The van der Waals surface area contributed by atoms with Crippen LogP contribution in [-0.4, -0.2) is 24.5 Å². The first kappa shape index (κ1) is 18.6. The minimum absolute atomic E-state index is 0.0177. The average Bonchev–Trinajstić information content (AvgIpc) is 2.88. The van der Waals surface area contributed by atoms with Crippen molar-refractivity contribution in [2.45, 2.75) is 58.3 Å². The zero-order chi connectivity index (χ0) is 17.3. The molecule has 0 radical (unpaired) electrons. The molecule has 23 heavy (non-hydrogen) atoms. The maximum absolute atomic E-state index is 12.4. The highest BCUT2D eigenvalue weighted by atomic mass is 32.1. The SMILES string of the molecule is CC(C)(C)[Si](C)(C)OCCCCn1c(=S)[nH]c2ccsc2c1=O. The molecule has 0 aliphatic heterocycles. The van der Waals surface area contributed by atoms with Gasteiger partial charge in [-0.25, -0.2) is 0 Å². The van der Waals surface area contributed by atoms with Crippen LogP contribution in [0.5, 0.6) is 0 Å². The number of H-pyrrole nitrogens is 1. The number of aromatic amines is 1. The van der Waals surface area contributed by atoms with Gasteiger partial charge in [-0.05, 0) is 54.6 Å². The molecule has 0 aromatic carbocycles. The Labute approximate surface area is 147 Å². The molecule has 7 heteroatoms. The molecule has 128 valence electrons. The average molecular weight is 371 g/mol. The molecule has 0 aliphatic carbocycles. The fraction of sp³-hybridized carbons (Fsp3) is 0.625. The summed E-state index contributed by atoms with van der Waals surface area (Å²) in [6, 6.07) is 1.90. The summed E-state index contributed by atoms with van der Waals surface area (Å²) in [7, 11) is -1.68. The van der Waals surface area contributed by atoms with Gasteiger partial charge in [0.1, 0.15) is 4.70 Å². The zero-order valence-electron chi connectivity index (χ0n) is 14.6. The van der Waals surface area contributed by atoms with Crippen LogP contribution in [0.25, 0.3) is 10.2 Å². The highest BCUT2D eigenvalue weighted by molar-refractivity contribution is 7.71. The van der Waals surface area contributed by atoms with Crippen LogP contribution in [-0.2, 0) is 11.0 Å². The smallest absolute Gasteiger partial charge is 0.272 e. The van der Waals surface area contributed by atoms with E-state index in [9.17, 15) is 4.79 Å². The third kappa shape index (κ3) is 4.20. The van der Waals surface area contributed by atoms with Crippen LogP contribution < -0.4 is 5.56 Å². The highest BCUT2D eigenvalue weighted by Crippen LogP contribution is 2.36. The summed E-state index contributed by atoms with van der Waals surface area (Å²) >= 11 is 6.76. The van der Waals surface area contributed by atoms with Crippen molar-refractivity contribution in [2.24, 2.45) is 0 Å². The first-order chi connectivity index (χ1) is 10.6. The monoisotopic (exact) mass is 370 g/mol. The molecular weight excluding hydrogens is 344 g/mol. The predicted molar refractivity (Wildman–Crippen MR) is 104 cm³/mol. The fourth-order valence-corrected chi connectivity index (χ4v) is 4.26. The first-order valence-corrected chi connectivity index (χ1v) is 12.2. The third-order valence-electron chi connectivity index (χ3n) is 4.64. The summed E-state index contributed by atoms with van der Waals surface area (Å²) in [4.78, 5) is 15.6. The lowest BCUT2D eigenvalue weighted by Gasteiger charge is -2.36. The van der Waals surface area contributed by atoms with Crippen LogP contribution in [0.3, 0.4) is 0 Å². The van der Waals surface area contributed by atoms with Gasteiger partial charge in [-0.1, -0.05) is 20.8 Å². The fourth-order valence-electron chi connectivity index (χ4n) is 2.09. The van der Waals surface area contributed by atoms with Crippen LogP contribution in [0.2, 0.25) is 18.1 Å². The molecule has 0 fully saturated rings. The molecule has 2 rings (SSSR count). The van der Waals surface area contributed by atoms with Crippen molar-refractivity contribution in [2.75, 3.05) is 6.61 Å². The van der Waals surface area contributed by atoms with Gasteiger partial charge in [-0.15, -0.1) is 11.3 Å². The Bertz CT molecular complexity index is 784. The Morgan fingerprint density at radius 3 is 2.70 bits per heavy atom. The Morgan fingerprint density at radius 2 is 2.04 bits per heavy atom. The molecule has 0 bridgehead atoms. The normalized spacial score (nSPS) is 12.9. The predicted octanol–water partition coefficient (Wildman–Crippen LogP) is 4.92. The largest absolute Gasteiger partial charge is 0.417 e. The molecular formula is C16H26N2O2S2Si. The van der Waals surface area contributed by atoms with Crippen molar-refractivity contribution < 1.29 is 4.43 Å². The molecule has 0 spiro atoms. The minimum atomic E-state index is -1.68. The summed E-state index contributed by atoms with van der Waals surface area (Å²) in [6.07, 6.45) is 1.83. The van der Waals surface area contributed by atoms with Gasteiger partial charge in [-0.3, -0.25) is 9.36 Å². The topological polar surface area (TPSA) is 47.0 Å². The zero-order valence-corrected chi connectivity index (χ0v) is 17.2. The number of unbranched alkanes of at least 4 members (excludes halogenated alkanes) is 1. The number of nitrogens with one attached hydrogen (secondary N) is 1. The molecule has 0 aliphatic rings.